The van der Waals surface area contributed by atoms with E-state index >= 15 is 0 Å². The van der Waals surface area contributed by atoms with Gasteiger partial charge in [-0.3, -0.25) is 0 Å². The Morgan fingerprint density at radius 2 is 1.02 bits per heavy atom. The van der Waals surface area contributed by atoms with Crippen LogP contribution < -0.4 is 32.8 Å². The Hall–Kier alpha value is -3.97. The van der Waals surface area contributed by atoms with Crippen LogP contribution in [-0.2, 0) is 5.41 Å². The van der Waals surface area contributed by atoms with E-state index in [1.807, 2.05) is 11.1 Å². The molecule has 7 bridgehead atoms. The summed E-state index contributed by atoms with van der Waals surface area (Å²) < 4.78 is 2.99. The fraction of sp³-hybridized carbons (Fsp3) is 0.474. The van der Waals surface area contributed by atoms with Gasteiger partial charge in [0.15, 0.2) is 0 Å². The van der Waals surface area contributed by atoms with Crippen molar-refractivity contribution in [2.24, 2.45) is 29.1 Å². The number of aryl methyl sites for hydroxylation is 4. The average molecular weight is 780 g/mol. The molecule has 1 aromatic heterocycles. The zero-order chi connectivity index (χ0) is 40.0. The summed E-state index contributed by atoms with van der Waals surface area (Å²) in [4.78, 5) is 0. The smallest absolute Gasteiger partial charge is 0.247 e. The second-order valence-corrected chi connectivity index (χ2v) is 23.9. The minimum absolute atomic E-state index is 0.0149. The highest BCUT2D eigenvalue weighted by atomic mass is 15.0. The number of benzene rings is 5. The van der Waals surface area contributed by atoms with Crippen LogP contribution in [0.4, 0.5) is 0 Å². The topological polar surface area (TPSA) is 4.93 Å². The molecule has 0 N–H and O–H groups in total. The Kier molecular flexibility index (Phi) is 6.32. The number of aromatic nitrogens is 1. The number of rotatable bonds is 2. The lowest BCUT2D eigenvalue weighted by molar-refractivity contribution is 0.00322. The van der Waals surface area contributed by atoms with Gasteiger partial charge in [0, 0.05) is 27.5 Å². The zero-order valence-electron chi connectivity index (χ0n) is 37.1. The van der Waals surface area contributed by atoms with Crippen LogP contribution in [0.3, 0.4) is 0 Å². The SMILES string of the molecule is Cc1cccc(C)c1B1c2cc(C(C)(C)C)cc3c2-n2c4c1c1c(cc4c4cc5c(c(c42)B3c2c(C)cccc2C)C2CC3CC4CC5CC43C2)C2CC3CC(C2)CC1C3. The summed E-state index contributed by atoms with van der Waals surface area (Å²) in [6, 6.07) is 25.6. The van der Waals surface area contributed by atoms with E-state index in [4.69, 9.17) is 0 Å². The highest BCUT2D eigenvalue weighted by Crippen LogP contribution is 2.76. The number of fused-ring (bicyclic) bond motifs is 7. The van der Waals surface area contributed by atoms with Gasteiger partial charge in [-0.15, -0.1) is 0 Å². The molecule has 7 atom stereocenters. The van der Waals surface area contributed by atoms with Gasteiger partial charge in [0.05, 0.1) is 0 Å². The standard InChI is InChI=1S/C57H59B2N/c1-28-10-8-11-29(2)49(28)58-45-22-38(56(5,6)7)23-46-55(45)60-53-43(24-41-34-15-32-14-33(16-34)18-35(17-32)47(41)51(53)58)44-25-42-36-19-39-21-40-20-37(27-57(39,40)26-36)48(42)52(54(44)60)59(46)50-30(3)12-9-13-31(50)4/h8-13,22-25,32-37,39-40H,14-21,26-27H2,1-7H3. The number of hydrogen-bond donors (Lipinski definition) is 0. The molecule has 0 radical (unpaired) electrons. The van der Waals surface area contributed by atoms with Crippen molar-refractivity contribution in [2.45, 2.75) is 142 Å². The summed E-state index contributed by atoms with van der Waals surface area (Å²) in [6.07, 6.45) is 14.4. The summed E-state index contributed by atoms with van der Waals surface area (Å²) in [5.74, 6) is 6.52. The van der Waals surface area contributed by atoms with Gasteiger partial charge in [0.1, 0.15) is 0 Å². The lowest BCUT2D eigenvalue weighted by Crippen LogP contribution is -2.65. The molecule has 60 heavy (non-hydrogen) atoms. The molecule has 5 saturated carbocycles. The first kappa shape index (κ1) is 34.6. The van der Waals surface area contributed by atoms with E-state index in [-0.39, 0.29) is 18.8 Å². The lowest BCUT2D eigenvalue weighted by Gasteiger charge is -2.48. The van der Waals surface area contributed by atoms with Crippen molar-refractivity contribution in [3.05, 3.63) is 111 Å². The van der Waals surface area contributed by atoms with E-state index in [2.05, 4.69) is 114 Å². The second kappa shape index (κ2) is 11.0. The Labute approximate surface area is 358 Å². The maximum absolute atomic E-state index is 2.99. The van der Waals surface area contributed by atoms with E-state index in [1.165, 1.54) is 92.0 Å². The predicted molar refractivity (Wildman–Crippen MR) is 254 cm³/mol. The van der Waals surface area contributed by atoms with E-state index < -0.39 is 0 Å². The largest absolute Gasteiger partial charge is 0.311 e. The highest BCUT2D eigenvalue weighted by molar-refractivity contribution is 7.02. The quantitative estimate of drug-likeness (QED) is 0.154. The van der Waals surface area contributed by atoms with Gasteiger partial charge in [-0.1, -0.05) is 102 Å². The highest BCUT2D eigenvalue weighted by Gasteiger charge is 2.66. The van der Waals surface area contributed by atoms with Crippen LogP contribution in [-0.4, -0.2) is 18.0 Å². The van der Waals surface area contributed by atoms with Crippen LogP contribution in [0.15, 0.2) is 60.7 Å². The van der Waals surface area contributed by atoms with Crippen LogP contribution in [0.1, 0.15) is 159 Å². The Morgan fingerprint density at radius 1 is 0.533 bits per heavy atom. The van der Waals surface area contributed by atoms with Crippen LogP contribution in [0, 0.1) is 56.8 Å². The molecule has 5 aromatic carbocycles. The summed E-state index contributed by atoms with van der Waals surface area (Å²) in [5.41, 5.74) is 29.8. The average Bonchev–Trinajstić information content (AvgIpc) is 3.72. The molecule has 7 unspecified atom stereocenters. The van der Waals surface area contributed by atoms with Gasteiger partial charge >= 0.3 is 0 Å². The number of nitrogens with zero attached hydrogens (tertiary/aromatic N) is 1. The molecule has 0 amide bonds. The fourth-order valence-corrected chi connectivity index (χ4v) is 18.1. The molecule has 3 heteroatoms. The van der Waals surface area contributed by atoms with Gasteiger partial charge in [-0.25, -0.2) is 0 Å². The summed E-state index contributed by atoms with van der Waals surface area (Å²) in [5, 5.41) is 3.21. The predicted octanol–water partition coefficient (Wildman–Crippen LogP) is 9.76. The van der Waals surface area contributed by atoms with E-state index in [1.54, 1.807) is 71.4 Å². The molecule has 2 aliphatic heterocycles. The summed E-state index contributed by atoms with van der Waals surface area (Å²) in [6.45, 7) is 17.6. The molecule has 8 aliphatic carbocycles. The normalized spacial score (nSPS) is 31.6. The molecular weight excluding hydrogens is 720 g/mol. The second-order valence-electron chi connectivity index (χ2n) is 23.9. The first-order chi connectivity index (χ1) is 29.0. The summed E-state index contributed by atoms with van der Waals surface area (Å²) >= 11 is 0. The molecule has 298 valence electrons. The van der Waals surface area contributed by atoms with Crippen LogP contribution in [0.25, 0.3) is 27.5 Å². The van der Waals surface area contributed by atoms with Crippen molar-refractivity contribution < 1.29 is 0 Å². The maximum Gasteiger partial charge on any atom is 0.247 e. The fourth-order valence-electron chi connectivity index (χ4n) is 18.1. The van der Waals surface area contributed by atoms with Crippen molar-refractivity contribution in [3.63, 3.8) is 0 Å². The monoisotopic (exact) mass is 779 g/mol. The maximum atomic E-state index is 2.99. The summed E-state index contributed by atoms with van der Waals surface area (Å²) in [7, 11) is 0. The van der Waals surface area contributed by atoms with Crippen LogP contribution in [0.5, 0.6) is 0 Å². The van der Waals surface area contributed by atoms with Gasteiger partial charge in [-0.2, -0.15) is 0 Å². The van der Waals surface area contributed by atoms with Gasteiger partial charge in [0.25, 0.3) is 0 Å². The Morgan fingerprint density at radius 3 is 1.57 bits per heavy atom. The molecule has 1 spiro atoms. The van der Waals surface area contributed by atoms with Crippen molar-refractivity contribution in [1.29, 1.82) is 0 Å². The molecule has 16 rings (SSSR count). The molecule has 6 aromatic rings. The molecule has 1 nitrogen and oxygen atoms in total. The Balaban J connectivity index is 1.19. The number of hydrogen-bond acceptors (Lipinski definition) is 0. The van der Waals surface area contributed by atoms with Gasteiger partial charge in [-0.05, 0) is 212 Å². The zero-order valence-corrected chi connectivity index (χ0v) is 37.1. The van der Waals surface area contributed by atoms with E-state index in [0.29, 0.717) is 23.2 Å². The third-order valence-electron chi connectivity index (χ3n) is 20.1. The molecule has 0 saturated heterocycles. The third kappa shape index (κ3) is 3.95. The van der Waals surface area contributed by atoms with Crippen molar-refractivity contribution >= 4 is 68.0 Å². The minimum Gasteiger partial charge on any atom is -0.311 e. The van der Waals surface area contributed by atoms with E-state index in [9.17, 15) is 0 Å². The van der Waals surface area contributed by atoms with E-state index in [0.717, 1.165) is 29.6 Å². The van der Waals surface area contributed by atoms with Gasteiger partial charge in [0.2, 0.25) is 13.4 Å². The van der Waals surface area contributed by atoms with Crippen LogP contribution in [0.2, 0.25) is 0 Å². The molecule has 3 heterocycles. The minimum atomic E-state index is 0.0149. The van der Waals surface area contributed by atoms with Crippen molar-refractivity contribution in [2.75, 3.05) is 0 Å². The Bertz CT molecular complexity index is 2960. The first-order valence-corrected chi connectivity index (χ1v) is 24.5. The molecule has 5 fully saturated rings. The lowest BCUT2D eigenvalue weighted by atomic mass is 9.29. The van der Waals surface area contributed by atoms with Crippen LogP contribution >= 0.6 is 0 Å². The molecule has 10 aliphatic rings. The first-order valence-electron chi connectivity index (χ1n) is 24.5. The van der Waals surface area contributed by atoms with Gasteiger partial charge < -0.3 is 4.57 Å². The molecular formula is C57H59B2N. The third-order valence-corrected chi connectivity index (χ3v) is 20.1. The van der Waals surface area contributed by atoms with Crippen molar-refractivity contribution in [1.82, 2.24) is 4.57 Å². The van der Waals surface area contributed by atoms with Crippen molar-refractivity contribution in [3.8, 4) is 5.69 Å².